The minimum Gasteiger partial charge on any atom is -0.376 e. The summed E-state index contributed by atoms with van der Waals surface area (Å²) < 4.78 is 41.2. The Morgan fingerprint density at radius 1 is 0.917 bits per heavy atom. The fourth-order valence-electron chi connectivity index (χ4n) is 2.61. The fraction of sp³-hybridized carbons (Fsp3) is 0.167. The van der Waals surface area contributed by atoms with Gasteiger partial charge in [0.1, 0.15) is 0 Å². The van der Waals surface area contributed by atoms with Gasteiger partial charge in [-0.3, -0.25) is 4.98 Å². The standard InChI is InChI=1S/C18H13BrF3NO/c19-15-7-3-2-6-14(15)17(24,18(20,21)22)11-13-10-9-12-5-1-4-8-16(12)23-13/h1-10,24H,11H2. The SMILES string of the molecule is OC(Cc1ccc2ccccc2n1)(c1ccccc1Br)C(F)(F)F. The van der Waals surface area contributed by atoms with Gasteiger partial charge in [-0.05, 0) is 18.2 Å². The molecule has 2 aromatic carbocycles. The number of hydrogen-bond acceptors (Lipinski definition) is 2. The molecule has 0 fully saturated rings. The molecule has 1 unspecified atom stereocenters. The summed E-state index contributed by atoms with van der Waals surface area (Å²) in [5.74, 6) is 0. The molecular weight excluding hydrogens is 383 g/mol. The second kappa shape index (κ2) is 6.18. The summed E-state index contributed by atoms with van der Waals surface area (Å²) in [6.07, 6.45) is -5.51. The smallest absolute Gasteiger partial charge is 0.376 e. The quantitative estimate of drug-likeness (QED) is 0.677. The van der Waals surface area contributed by atoms with E-state index < -0.39 is 18.2 Å². The first-order valence-electron chi connectivity index (χ1n) is 7.20. The van der Waals surface area contributed by atoms with E-state index in [0.717, 1.165) is 5.39 Å². The van der Waals surface area contributed by atoms with Crippen LogP contribution < -0.4 is 0 Å². The summed E-state index contributed by atoms with van der Waals surface area (Å²) in [6.45, 7) is 0. The predicted molar refractivity (Wildman–Crippen MR) is 89.5 cm³/mol. The topological polar surface area (TPSA) is 33.1 Å². The maximum atomic E-state index is 13.7. The van der Waals surface area contributed by atoms with Gasteiger partial charge >= 0.3 is 6.18 Å². The average Bonchev–Trinajstić information content (AvgIpc) is 2.54. The molecule has 3 aromatic rings. The molecular formula is C18H13BrF3NO. The molecule has 6 heteroatoms. The van der Waals surface area contributed by atoms with E-state index >= 15 is 0 Å². The Morgan fingerprint density at radius 3 is 2.29 bits per heavy atom. The largest absolute Gasteiger partial charge is 0.421 e. The molecule has 0 saturated carbocycles. The third-order valence-electron chi connectivity index (χ3n) is 3.88. The van der Waals surface area contributed by atoms with Crippen LogP contribution >= 0.6 is 15.9 Å². The maximum absolute atomic E-state index is 13.7. The van der Waals surface area contributed by atoms with Crippen molar-refractivity contribution in [1.29, 1.82) is 0 Å². The van der Waals surface area contributed by atoms with Gasteiger partial charge in [0.25, 0.3) is 0 Å². The highest BCUT2D eigenvalue weighted by Crippen LogP contribution is 2.43. The zero-order valence-corrected chi connectivity index (χ0v) is 14.0. The molecule has 1 aromatic heterocycles. The molecule has 0 aliphatic heterocycles. The molecule has 0 aliphatic carbocycles. The third-order valence-corrected chi connectivity index (χ3v) is 4.57. The number of aromatic nitrogens is 1. The molecule has 24 heavy (non-hydrogen) atoms. The van der Waals surface area contributed by atoms with Crippen LogP contribution in [0.15, 0.2) is 65.1 Å². The van der Waals surface area contributed by atoms with Crippen LogP contribution in [0.3, 0.4) is 0 Å². The first-order chi connectivity index (χ1) is 11.3. The Hall–Kier alpha value is -1.92. The van der Waals surface area contributed by atoms with E-state index in [9.17, 15) is 18.3 Å². The van der Waals surface area contributed by atoms with Crippen LogP contribution in [0.5, 0.6) is 0 Å². The number of benzene rings is 2. The van der Waals surface area contributed by atoms with Gasteiger partial charge in [-0.2, -0.15) is 13.2 Å². The van der Waals surface area contributed by atoms with E-state index in [1.807, 2.05) is 12.1 Å². The summed E-state index contributed by atoms with van der Waals surface area (Å²) in [7, 11) is 0. The Morgan fingerprint density at radius 2 is 1.58 bits per heavy atom. The summed E-state index contributed by atoms with van der Waals surface area (Å²) in [5, 5.41) is 11.4. The molecule has 1 heterocycles. The number of pyridine rings is 1. The average molecular weight is 396 g/mol. The number of hydrogen-bond donors (Lipinski definition) is 1. The number of aliphatic hydroxyl groups is 1. The number of rotatable bonds is 3. The van der Waals surface area contributed by atoms with Gasteiger partial charge in [-0.25, -0.2) is 0 Å². The highest BCUT2D eigenvalue weighted by atomic mass is 79.9. The van der Waals surface area contributed by atoms with Gasteiger partial charge in [0.15, 0.2) is 5.60 Å². The van der Waals surface area contributed by atoms with E-state index in [-0.39, 0.29) is 15.7 Å². The summed E-state index contributed by atoms with van der Waals surface area (Å²) in [4.78, 5) is 4.25. The zero-order chi connectivity index (χ0) is 17.4. The van der Waals surface area contributed by atoms with E-state index in [1.165, 1.54) is 24.3 Å². The van der Waals surface area contributed by atoms with Gasteiger partial charge in [-0.15, -0.1) is 0 Å². The second-order valence-electron chi connectivity index (χ2n) is 5.51. The monoisotopic (exact) mass is 395 g/mol. The van der Waals surface area contributed by atoms with Crippen LogP contribution in [0.2, 0.25) is 0 Å². The number of nitrogens with zero attached hydrogens (tertiary/aromatic N) is 1. The normalized spacial score (nSPS) is 14.5. The number of halogens is 4. The lowest BCUT2D eigenvalue weighted by Crippen LogP contribution is -2.44. The van der Waals surface area contributed by atoms with Crippen LogP contribution in [-0.4, -0.2) is 16.3 Å². The molecule has 1 N–H and O–H groups in total. The van der Waals surface area contributed by atoms with E-state index in [1.54, 1.807) is 24.3 Å². The van der Waals surface area contributed by atoms with Crippen molar-refractivity contribution in [3.8, 4) is 0 Å². The third kappa shape index (κ3) is 3.03. The lowest BCUT2D eigenvalue weighted by Gasteiger charge is -2.31. The second-order valence-corrected chi connectivity index (χ2v) is 6.36. The summed E-state index contributed by atoms with van der Waals surface area (Å²) in [5.41, 5.74) is -2.49. The summed E-state index contributed by atoms with van der Waals surface area (Å²) >= 11 is 3.10. The minimum atomic E-state index is -4.84. The first kappa shape index (κ1) is 16.9. The van der Waals surface area contributed by atoms with Crippen molar-refractivity contribution in [3.63, 3.8) is 0 Å². The molecule has 0 radical (unpaired) electrons. The van der Waals surface area contributed by atoms with Crippen LogP contribution in [0.1, 0.15) is 11.3 Å². The lowest BCUT2D eigenvalue weighted by molar-refractivity contribution is -0.266. The highest BCUT2D eigenvalue weighted by molar-refractivity contribution is 9.10. The molecule has 0 aliphatic rings. The molecule has 0 saturated heterocycles. The van der Waals surface area contributed by atoms with Gasteiger partial charge in [0.05, 0.1) is 5.52 Å². The van der Waals surface area contributed by atoms with Crippen molar-refractivity contribution >= 4 is 26.8 Å². The van der Waals surface area contributed by atoms with E-state index in [2.05, 4.69) is 20.9 Å². The predicted octanol–water partition coefficient (Wildman–Crippen LogP) is 4.99. The molecule has 0 amide bonds. The van der Waals surface area contributed by atoms with E-state index in [4.69, 9.17) is 0 Å². The van der Waals surface area contributed by atoms with Crippen molar-refractivity contribution in [2.24, 2.45) is 0 Å². The van der Waals surface area contributed by atoms with Crippen molar-refractivity contribution in [1.82, 2.24) is 4.98 Å². The van der Waals surface area contributed by atoms with E-state index in [0.29, 0.717) is 5.52 Å². The van der Waals surface area contributed by atoms with Crippen LogP contribution in [0.4, 0.5) is 13.2 Å². The fourth-order valence-corrected chi connectivity index (χ4v) is 3.23. The molecule has 124 valence electrons. The van der Waals surface area contributed by atoms with Gasteiger partial charge in [0, 0.05) is 27.5 Å². The number of para-hydroxylation sites is 1. The Bertz CT molecular complexity index is 881. The maximum Gasteiger partial charge on any atom is 0.421 e. The molecule has 0 bridgehead atoms. The molecule has 0 spiro atoms. The highest BCUT2D eigenvalue weighted by Gasteiger charge is 2.55. The van der Waals surface area contributed by atoms with Gasteiger partial charge < -0.3 is 5.11 Å². The Kier molecular flexibility index (Phi) is 4.36. The van der Waals surface area contributed by atoms with Crippen molar-refractivity contribution < 1.29 is 18.3 Å². The Labute approximate surface area is 145 Å². The lowest BCUT2D eigenvalue weighted by atomic mass is 9.88. The molecule has 3 rings (SSSR count). The minimum absolute atomic E-state index is 0.171. The summed E-state index contributed by atoms with van der Waals surface area (Å²) in [6, 6.07) is 16.2. The first-order valence-corrected chi connectivity index (χ1v) is 7.99. The number of alkyl halides is 3. The van der Waals surface area contributed by atoms with Gasteiger partial charge in [0.2, 0.25) is 0 Å². The van der Waals surface area contributed by atoms with Gasteiger partial charge in [-0.1, -0.05) is 58.4 Å². The van der Waals surface area contributed by atoms with Crippen molar-refractivity contribution in [2.45, 2.75) is 18.2 Å². The van der Waals surface area contributed by atoms with Crippen molar-refractivity contribution in [3.05, 3.63) is 76.4 Å². The van der Waals surface area contributed by atoms with Crippen LogP contribution in [-0.2, 0) is 12.0 Å². The molecule has 2 nitrogen and oxygen atoms in total. The Balaban J connectivity index is 2.08. The van der Waals surface area contributed by atoms with Crippen LogP contribution in [0, 0.1) is 0 Å². The zero-order valence-electron chi connectivity index (χ0n) is 12.4. The van der Waals surface area contributed by atoms with Crippen molar-refractivity contribution in [2.75, 3.05) is 0 Å². The molecule has 1 atom stereocenters. The number of fused-ring (bicyclic) bond motifs is 1. The van der Waals surface area contributed by atoms with Crippen LogP contribution in [0.25, 0.3) is 10.9 Å².